The Bertz CT molecular complexity index is 983. The number of nitrogens with zero attached hydrogens (tertiary/aromatic N) is 3. The van der Waals surface area contributed by atoms with Gasteiger partial charge in [-0.05, 0) is 24.3 Å². The van der Waals surface area contributed by atoms with E-state index in [4.69, 9.17) is 0 Å². The van der Waals surface area contributed by atoms with Gasteiger partial charge in [-0.25, -0.2) is 4.98 Å². The first-order valence-electron chi connectivity index (χ1n) is 7.27. The molecule has 26 heavy (non-hydrogen) atoms. The summed E-state index contributed by atoms with van der Waals surface area (Å²) in [4.78, 5) is 32.1. The molecule has 3 aromatic heterocycles. The van der Waals surface area contributed by atoms with Crippen LogP contribution in [0.25, 0.3) is 11.3 Å². The molecule has 0 aliphatic rings. The van der Waals surface area contributed by atoms with E-state index in [-0.39, 0.29) is 5.13 Å². The molecule has 0 spiro atoms. The van der Waals surface area contributed by atoms with Gasteiger partial charge in [0.25, 0.3) is 5.56 Å². The largest absolute Gasteiger partial charge is 0.421 e. The van der Waals surface area contributed by atoms with Gasteiger partial charge in [-0.2, -0.15) is 13.2 Å². The summed E-state index contributed by atoms with van der Waals surface area (Å²) < 4.78 is 39.0. The average Bonchev–Trinajstić information content (AvgIpc) is 3.05. The number of carbonyl (C=O) groups is 1. The van der Waals surface area contributed by atoms with Crippen LogP contribution in [-0.2, 0) is 17.5 Å². The van der Waals surface area contributed by atoms with Crippen molar-refractivity contribution in [3.05, 3.63) is 64.2 Å². The number of aromatic nitrogens is 3. The number of halogens is 3. The fourth-order valence-corrected chi connectivity index (χ4v) is 2.90. The number of pyridine rings is 2. The molecular formula is C16H11F3N4O2S. The normalized spacial score (nSPS) is 11.3. The van der Waals surface area contributed by atoms with Crippen LogP contribution in [0.5, 0.6) is 0 Å². The molecular weight excluding hydrogens is 369 g/mol. The summed E-state index contributed by atoms with van der Waals surface area (Å²) in [5.41, 5.74) is -1.22. The predicted molar refractivity (Wildman–Crippen MR) is 89.7 cm³/mol. The molecule has 1 N–H and O–H groups in total. The van der Waals surface area contributed by atoms with Crippen molar-refractivity contribution in [2.45, 2.75) is 12.7 Å². The molecule has 0 bridgehead atoms. The van der Waals surface area contributed by atoms with Gasteiger partial charge in [-0.15, -0.1) is 11.3 Å². The molecule has 6 nitrogen and oxygen atoms in total. The molecule has 0 atom stereocenters. The van der Waals surface area contributed by atoms with Crippen LogP contribution >= 0.6 is 11.3 Å². The van der Waals surface area contributed by atoms with Gasteiger partial charge >= 0.3 is 6.18 Å². The molecule has 0 saturated carbocycles. The Morgan fingerprint density at radius 2 is 2.08 bits per heavy atom. The van der Waals surface area contributed by atoms with Crippen molar-refractivity contribution in [2.24, 2.45) is 0 Å². The molecule has 3 aromatic rings. The van der Waals surface area contributed by atoms with Crippen LogP contribution < -0.4 is 10.9 Å². The van der Waals surface area contributed by atoms with E-state index in [1.54, 1.807) is 29.9 Å². The summed E-state index contributed by atoms with van der Waals surface area (Å²) in [6.45, 7) is -0.551. The highest BCUT2D eigenvalue weighted by Gasteiger charge is 2.34. The van der Waals surface area contributed by atoms with Crippen LogP contribution in [0.1, 0.15) is 5.56 Å². The summed E-state index contributed by atoms with van der Waals surface area (Å²) >= 11 is 1.16. The van der Waals surface area contributed by atoms with Gasteiger partial charge in [0.15, 0.2) is 5.13 Å². The number of thiazole rings is 1. The molecule has 0 fully saturated rings. The number of alkyl halides is 3. The number of anilines is 1. The van der Waals surface area contributed by atoms with E-state index in [0.717, 1.165) is 29.2 Å². The molecule has 0 aliphatic heterocycles. The second-order valence-corrected chi connectivity index (χ2v) is 6.04. The van der Waals surface area contributed by atoms with E-state index in [9.17, 15) is 22.8 Å². The Morgan fingerprint density at radius 1 is 1.27 bits per heavy atom. The first-order chi connectivity index (χ1) is 12.3. The monoisotopic (exact) mass is 380 g/mol. The lowest BCUT2D eigenvalue weighted by molar-refractivity contribution is -0.139. The van der Waals surface area contributed by atoms with Crippen molar-refractivity contribution < 1.29 is 18.0 Å². The van der Waals surface area contributed by atoms with Crippen molar-refractivity contribution in [3.8, 4) is 11.3 Å². The topological polar surface area (TPSA) is 76.9 Å². The van der Waals surface area contributed by atoms with Crippen LogP contribution in [0.15, 0.2) is 53.0 Å². The zero-order valence-corrected chi connectivity index (χ0v) is 13.8. The molecule has 0 saturated heterocycles. The zero-order valence-electron chi connectivity index (χ0n) is 13.0. The van der Waals surface area contributed by atoms with Gasteiger partial charge in [-0.3, -0.25) is 14.6 Å². The second-order valence-electron chi connectivity index (χ2n) is 5.18. The molecule has 0 aromatic carbocycles. The summed E-state index contributed by atoms with van der Waals surface area (Å²) in [5.74, 6) is -0.654. The minimum absolute atomic E-state index is 0.272. The Morgan fingerprint density at radius 3 is 2.77 bits per heavy atom. The first kappa shape index (κ1) is 17.8. The van der Waals surface area contributed by atoms with Crippen molar-refractivity contribution >= 4 is 22.4 Å². The number of rotatable bonds is 4. The Hall–Kier alpha value is -3.01. The van der Waals surface area contributed by atoms with Crippen molar-refractivity contribution in [1.29, 1.82) is 0 Å². The third-order valence-corrected chi connectivity index (χ3v) is 4.11. The predicted octanol–water partition coefficient (Wildman–Crippen LogP) is 3.02. The molecule has 0 radical (unpaired) electrons. The summed E-state index contributed by atoms with van der Waals surface area (Å²) in [7, 11) is 0. The van der Waals surface area contributed by atoms with E-state index in [0.29, 0.717) is 16.3 Å². The Kier molecular flexibility index (Phi) is 4.85. The molecule has 3 rings (SSSR count). The molecule has 10 heteroatoms. The van der Waals surface area contributed by atoms with Crippen molar-refractivity contribution in [3.63, 3.8) is 0 Å². The minimum atomic E-state index is -4.77. The average molecular weight is 380 g/mol. The maximum atomic E-state index is 12.7. The Labute approximate surface area is 149 Å². The standard InChI is InChI=1S/C16H11F3N4O2S/c17-16(18,19)11-4-2-6-23(14(11)25)8-13(24)22-15-21-12(9-26-15)10-3-1-5-20-7-10/h1-7,9H,8H2,(H,21,22,24). The smallest absolute Gasteiger partial charge is 0.306 e. The fourth-order valence-electron chi connectivity index (χ4n) is 2.17. The number of amides is 1. The summed E-state index contributed by atoms with van der Waals surface area (Å²) in [6, 6.07) is 5.29. The highest BCUT2D eigenvalue weighted by molar-refractivity contribution is 7.14. The quantitative estimate of drug-likeness (QED) is 0.755. The van der Waals surface area contributed by atoms with E-state index in [2.05, 4.69) is 15.3 Å². The number of carbonyl (C=O) groups excluding carboxylic acids is 1. The lowest BCUT2D eigenvalue weighted by atomic mass is 10.2. The van der Waals surface area contributed by atoms with E-state index >= 15 is 0 Å². The Balaban J connectivity index is 1.73. The zero-order chi connectivity index (χ0) is 18.7. The maximum absolute atomic E-state index is 12.7. The van der Waals surface area contributed by atoms with Gasteiger partial charge in [-0.1, -0.05) is 0 Å². The molecule has 134 valence electrons. The third kappa shape index (κ3) is 3.97. The van der Waals surface area contributed by atoms with E-state index < -0.39 is 29.8 Å². The van der Waals surface area contributed by atoms with Crippen LogP contribution in [0.4, 0.5) is 18.3 Å². The second kappa shape index (κ2) is 7.08. The first-order valence-corrected chi connectivity index (χ1v) is 8.15. The molecule has 3 heterocycles. The maximum Gasteiger partial charge on any atom is 0.421 e. The van der Waals surface area contributed by atoms with Gasteiger partial charge in [0.05, 0.1) is 5.69 Å². The number of hydrogen-bond donors (Lipinski definition) is 1. The summed E-state index contributed by atoms with van der Waals surface area (Å²) in [5, 5.41) is 4.46. The SMILES string of the molecule is O=C(Cn1cccc(C(F)(F)F)c1=O)Nc1nc(-c2cccnc2)cs1. The van der Waals surface area contributed by atoms with Crippen LogP contribution in [0, 0.1) is 0 Å². The molecule has 0 aliphatic carbocycles. The molecule has 1 amide bonds. The van der Waals surface area contributed by atoms with Gasteiger partial charge in [0.1, 0.15) is 12.1 Å². The van der Waals surface area contributed by atoms with Crippen LogP contribution in [0.3, 0.4) is 0 Å². The fraction of sp³-hybridized carbons (Fsp3) is 0.125. The lowest BCUT2D eigenvalue weighted by Crippen LogP contribution is -2.31. The third-order valence-electron chi connectivity index (χ3n) is 3.35. The molecule has 0 unspecified atom stereocenters. The van der Waals surface area contributed by atoms with Crippen LogP contribution in [0.2, 0.25) is 0 Å². The van der Waals surface area contributed by atoms with Gasteiger partial charge in [0, 0.05) is 29.5 Å². The summed E-state index contributed by atoms with van der Waals surface area (Å²) in [6.07, 6.45) is -0.418. The lowest BCUT2D eigenvalue weighted by Gasteiger charge is -2.09. The highest BCUT2D eigenvalue weighted by atomic mass is 32.1. The minimum Gasteiger partial charge on any atom is -0.306 e. The highest BCUT2D eigenvalue weighted by Crippen LogP contribution is 2.26. The van der Waals surface area contributed by atoms with E-state index in [1.165, 1.54) is 0 Å². The van der Waals surface area contributed by atoms with Crippen LogP contribution in [-0.4, -0.2) is 20.4 Å². The number of hydrogen-bond acceptors (Lipinski definition) is 5. The van der Waals surface area contributed by atoms with E-state index in [1.807, 2.05) is 0 Å². The van der Waals surface area contributed by atoms with Crippen molar-refractivity contribution in [2.75, 3.05) is 5.32 Å². The van der Waals surface area contributed by atoms with Gasteiger partial charge < -0.3 is 9.88 Å². The van der Waals surface area contributed by atoms with Gasteiger partial charge in [0.2, 0.25) is 5.91 Å². The number of nitrogens with one attached hydrogen (secondary N) is 1. The van der Waals surface area contributed by atoms with Crippen molar-refractivity contribution in [1.82, 2.24) is 14.5 Å².